The van der Waals surface area contributed by atoms with Crippen LogP contribution in [0.2, 0.25) is 0 Å². The predicted molar refractivity (Wildman–Crippen MR) is 93.7 cm³/mol. The first kappa shape index (κ1) is 16.5. The zero-order valence-corrected chi connectivity index (χ0v) is 15.5. The number of carbonyl (C=O) groups excluding carboxylic acids is 2. The molecule has 4 rings (SSSR count). The van der Waals surface area contributed by atoms with Crippen LogP contribution >= 0.6 is 11.8 Å². The van der Waals surface area contributed by atoms with Gasteiger partial charge in [0.2, 0.25) is 11.8 Å². The van der Waals surface area contributed by atoms with Crippen molar-refractivity contribution in [3.05, 3.63) is 12.2 Å². The molecule has 5 nitrogen and oxygen atoms in total. The van der Waals surface area contributed by atoms with Gasteiger partial charge in [0.05, 0.1) is 24.5 Å². The maximum absolute atomic E-state index is 13.1. The van der Waals surface area contributed by atoms with Crippen molar-refractivity contribution in [2.24, 2.45) is 17.3 Å². The summed E-state index contributed by atoms with van der Waals surface area (Å²) in [5.41, 5.74) is -0.534. The van der Waals surface area contributed by atoms with Crippen LogP contribution in [0.3, 0.4) is 0 Å². The Morgan fingerprint density at radius 3 is 2.75 bits per heavy atom. The maximum atomic E-state index is 13.1. The lowest BCUT2D eigenvalue weighted by Crippen LogP contribution is -2.48. The van der Waals surface area contributed by atoms with Gasteiger partial charge >= 0.3 is 0 Å². The molecule has 1 spiro atoms. The fourth-order valence-electron chi connectivity index (χ4n) is 4.56. The van der Waals surface area contributed by atoms with E-state index in [1.165, 1.54) is 0 Å². The van der Waals surface area contributed by atoms with Gasteiger partial charge in [-0.3, -0.25) is 9.59 Å². The van der Waals surface area contributed by atoms with Crippen molar-refractivity contribution in [2.75, 3.05) is 37.7 Å². The Labute approximate surface area is 147 Å². The van der Waals surface area contributed by atoms with Crippen molar-refractivity contribution < 1.29 is 14.3 Å². The monoisotopic (exact) mass is 350 g/mol. The minimum Gasteiger partial charge on any atom is -0.360 e. The van der Waals surface area contributed by atoms with Gasteiger partial charge in [0, 0.05) is 31.1 Å². The largest absolute Gasteiger partial charge is 0.360 e. The highest BCUT2D eigenvalue weighted by Crippen LogP contribution is 2.52. The topological polar surface area (TPSA) is 49.9 Å². The summed E-state index contributed by atoms with van der Waals surface area (Å²) in [6, 6.07) is 0. The van der Waals surface area contributed by atoms with Crippen LogP contribution in [0.5, 0.6) is 0 Å². The third-order valence-electron chi connectivity index (χ3n) is 5.45. The van der Waals surface area contributed by atoms with E-state index in [2.05, 4.69) is 20.8 Å². The van der Waals surface area contributed by atoms with Gasteiger partial charge in [-0.25, -0.2) is 0 Å². The standard InChI is InChI=1S/C18H26N2O3S/c1-17(2,3)10-20-11-18-5-4-12(23-18)13(14(18)16(20)22)15(21)19-6-8-24-9-7-19/h4-5,12-14H,6-11H2,1-3H3/t12-,13+,14-,18-/m0/s1. The molecule has 0 aliphatic carbocycles. The Morgan fingerprint density at radius 1 is 1.38 bits per heavy atom. The summed E-state index contributed by atoms with van der Waals surface area (Å²) in [5, 5.41) is 0. The molecule has 2 bridgehead atoms. The van der Waals surface area contributed by atoms with E-state index in [1.54, 1.807) is 0 Å². The summed E-state index contributed by atoms with van der Waals surface area (Å²) in [5.74, 6) is 1.51. The highest BCUT2D eigenvalue weighted by Gasteiger charge is 2.67. The van der Waals surface area contributed by atoms with Gasteiger partial charge in [-0.15, -0.1) is 0 Å². The molecule has 3 saturated heterocycles. The maximum Gasteiger partial charge on any atom is 0.230 e. The van der Waals surface area contributed by atoms with E-state index >= 15 is 0 Å². The lowest BCUT2D eigenvalue weighted by molar-refractivity contribution is -0.143. The molecule has 0 aromatic carbocycles. The van der Waals surface area contributed by atoms with Crippen molar-refractivity contribution >= 4 is 23.6 Å². The van der Waals surface area contributed by atoms with E-state index in [0.717, 1.165) is 24.6 Å². The summed E-state index contributed by atoms with van der Waals surface area (Å²) in [4.78, 5) is 30.0. The molecule has 24 heavy (non-hydrogen) atoms. The number of fused-ring (bicyclic) bond motifs is 1. The highest BCUT2D eigenvalue weighted by molar-refractivity contribution is 7.99. The predicted octanol–water partition coefficient (Wildman–Crippen LogP) is 1.39. The molecule has 4 atom stereocenters. The molecule has 6 heteroatoms. The number of hydrogen-bond acceptors (Lipinski definition) is 4. The number of likely N-dealkylation sites (tertiary alicyclic amines) is 1. The first-order chi connectivity index (χ1) is 11.3. The molecule has 0 N–H and O–H groups in total. The Morgan fingerprint density at radius 2 is 2.08 bits per heavy atom. The number of nitrogens with zero attached hydrogens (tertiary/aromatic N) is 2. The third kappa shape index (κ3) is 2.49. The van der Waals surface area contributed by atoms with Crippen LogP contribution in [0.1, 0.15) is 20.8 Å². The van der Waals surface area contributed by atoms with Crippen molar-refractivity contribution in [1.82, 2.24) is 9.80 Å². The van der Waals surface area contributed by atoms with Crippen molar-refractivity contribution in [1.29, 1.82) is 0 Å². The van der Waals surface area contributed by atoms with Crippen LogP contribution in [0, 0.1) is 17.3 Å². The Bertz CT molecular complexity index is 594. The van der Waals surface area contributed by atoms with Crippen LogP contribution in [0.15, 0.2) is 12.2 Å². The third-order valence-corrected chi connectivity index (χ3v) is 6.39. The van der Waals surface area contributed by atoms with Gasteiger partial charge in [-0.05, 0) is 5.41 Å². The van der Waals surface area contributed by atoms with E-state index < -0.39 is 5.60 Å². The molecule has 0 unspecified atom stereocenters. The zero-order valence-electron chi connectivity index (χ0n) is 14.7. The summed E-state index contributed by atoms with van der Waals surface area (Å²) >= 11 is 1.89. The van der Waals surface area contributed by atoms with Crippen LogP contribution in [-0.4, -0.2) is 71.0 Å². The number of carbonyl (C=O) groups is 2. The van der Waals surface area contributed by atoms with Crippen LogP contribution < -0.4 is 0 Å². The van der Waals surface area contributed by atoms with E-state index in [1.807, 2.05) is 33.7 Å². The molecular weight excluding hydrogens is 324 g/mol. The SMILES string of the molecule is CC(C)(C)CN1C[C@]23C=C[C@H](O2)[C@@H](C(=O)N2CCSCC2)[C@H]3C1=O. The smallest absolute Gasteiger partial charge is 0.230 e. The minimum absolute atomic E-state index is 0.0380. The Hall–Kier alpha value is -1.01. The molecule has 0 saturated carbocycles. The van der Waals surface area contributed by atoms with Crippen LogP contribution in [0.4, 0.5) is 0 Å². The van der Waals surface area contributed by atoms with E-state index in [4.69, 9.17) is 4.74 Å². The summed E-state index contributed by atoms with van der Waals surface area (Å²) in [6.45, 7) is 9.26. The van der Waals surface area contributed by atoms with Gasteiger partial charge in [0.15, 0.2) is 0 Å². The molecule has 0 aromatic rings. The lowest BCUT2D eigenvalue weighted by atomic mass is 9.76. The second kappa shape index (κ2) is 5.49. The summed E-state index contributed by atoms with van der Waals surface area (Å²) in [7, 11) is 0. The second-order valence-electron chi connectivity index (χ2n) is 8.59. The molecular formula is C18H26N2O3S. The normalized spacial score (nSPS) is 38.1. The molecule has 4 heterocycles. The fourth-order valence-corrected chi connectivity index (χ4v) is 5.46. The Kier molecular flexibility index (Phi) is 3.77. The molecule has 4 aliphatic rings. The fraction of sp³-hybridized carbons (Fsp3) is 0.778. The van der Waals surface area contributed by atoms with Gasteiger partial charge < -0.3 is 14.5 Å². The average molecular weight is 350 g/mol. The summed E-state index contributed by atoms with van der Waals surface area (Å²) in [6.07, 6.45) is 3.82. The molecule has 132 valence electrons. The molecule has 2 amide bonds. The lowest BCUT2D eigenvalue weighted by Gasteiger charge is -2.32. The van der Waals surface area contributed by atoms with Crippen molar-refractivity contribution in [3.8, 4) is 0 Å². The second-order valence-corrected chi connectivity index (χ2v) is 9.82. The number of hydrogen-bond donors (Lipinski definition) is 0. The summed E-state index contributed by atoms with van der Waals surface area (Å²) < 4.78 is 6.20. The molecule has 0 aromatic heterocycles. The van der Waals surface area contributed by atoms with Gasteiger partial charge in [0.1, 0.15) is 5.60 Å². The first-order valence-corrected chi connectivity index (χ1v) is 9.99. The highest BCUT2D eigenvalue weighted by atomic mass is 32.2. The van der Waals surface area contributed by atoms with Crippen molar-refractivity contribution in [3.63, 3.8) is 0 Å². The minimum atomic E-state index is -0.572. The quantitative estimate of drug-likeness (QED) is 0.706. The molecule has 4 aliphatic heterocycles. The Balaban J connectivity index is 1.58. The van der Waals surface area contributed by atoms with Crippen LogP contribution in [-0.2, 0) is 14.3 Å². The molecule has 0 radical (unpaired) electrons. The van der Waals surface area contributed by atoms with E-state index in [9.17, 15) is 9.59 Å². The zero-order chi connectivity index (χ0) is 17.1. The average Bonchev–Trinajstić information content (AvgIpc) is 3.15. The van der Waals surface area contributed by atoms with E-state index in [-0.39, 0.29) is 35.2 Å². The number of amides is 2. The van der Waals surface area contributed by atoms with Gasteiger partial charge in [-0.2, -0.15) is 11.8 Å². The number of ether oxygens (including phenoxy) is 1. The van der Waals surface area contributed by atoms with E-state index in [0.29, 0.717) is 13.1 Å². The van der Waals surface area contributed by atoms with Gasteiger partial charge in [0.25, 0.3) is 0 Å². The number of thioether (sulfide) groups is 1. The van der Waals surface area contributed by atoms with Gasteiger partial charge in [-0.1, -0.05) is 32.9 Å². The van der Waals surface area contributed by atoms with Crippen LogP contribution in [0.25, 0.3) is 0 Å². The molecule has 3 fully saturated rings. The number of rotatable bonds is 2. The van der Waals surface area contributed by atoms with Crippen molar-refractivity contribution in [2.45, 2.75) is 32.5 Å². The first-order valence-electron chi connectivity index (χ1n) is 8.83.